The predicted octanol–water partition coefficient (Wildman–Crippen LogP) is 4.75. The Morgan fingerprint density at radius 2 is 1.79 bits per heavy atom. The van der Waals surface area contributed by atoms with Crippen molar-refractivity contribution in [1.82, 2.24) is 19.7 Å². The van der Waals surface area contributed by atoms with Gasteiger partial charge in [0.1, 0.15) is 11.4 Å². The number of ether oxygens (including phenoxy) is 3. The van der Waals surface area contributed by atoms with E-state index in [0.29, 0.717) is 42.5 Å². The van der Waals surface area contributed by atoms with E-state index in [4.69, 9.17) is 14.2 Å². The van der Waals surface area contributed by atoms with E-state index >= 15 is 0 Å². The summed E-state index contributed by atoms with van der Waals surface area (Å²) < 4.78 is 20.2. The van der Waals surface area contributed by atoms with Gasteiger partial charge in [-0.3, -0.25) is 14.4 Å². The second-order valence-corrected chi connectivity index (χ2v) is 12.8. The average molecular weight is 637 g/mol. The third-order valence-corrected chi connectivity index (χ3v) is 9.49. The summed E-state index contributed by atoms with van der Waals surface area (Å²) in [4.78, 5) is 44.3. The molecule has 1 saturated heterocycles. The highest BCUT2D eigenvalue weighted by atomic mass is 16.5. The number of hydrogen-bond donors (Lipinski definition) is 1. The zero-order valence-corrected chi connectivity index (χ0v) is 27.0. The first-order valence-electron chi connectivity index (χ1n) is 16.3. The Labute approximate surface area is 274 Å². The maximum atomic E-state index is 13.9. The fourth-order valence-electron chi connectivity index (χ4n) is 6.71. The fourth-order valence-corrected chi connectivity index (χ4v) is 6.71. The minimum Gasteiger partial charge on any atom is -0.493 e. The molecule has 3 amide bonds. The lowest BCUT2D eigenvalue weighted by Crippen LogP contribution is -2.49. The molecular weight excluding hydrogens is 596 g/mol. The summed E-state index contributed by atoms with van der Waals surface area (Å²) in [7, 11) is 3.50. The van der Waals surface area contributed by atoms with Crippen LogP contribution in [0.2, 0.25) is 0 Å². The molecule has 47 heavy (non-hydrogen) atoms. The van der Waals surface area contributed by atoms with Crippen LogP contribution in [0.3, 0.4) is 0 Å². The first kappa shape index (κ1) is 30.8. The summed E-state index contributed by atoms with van der Waals surface area (Å²) in [5.41, 5.74) is 4.51. The van der Waals surface area contributed by atoms with Crippen molar-refractivity contribution in [3.05, 3.63) is 89.1 Å². The van der Waals surface area contributed by atoms with Crippen LogP contribution in [0.15, 0.2) is 66.7 Å². The number of carbonyl (C=O) groups excluding carboxylic acids is 3. The van der Waals surface area contributed by atoms with Crippen molar-refractivity contribution >= 4 is 28.6 Å². The molecular formula is C37H40N4O6. The van der Waals surface area contributed by atoms with Crippen LogP contribution in [0.5, 0.6) is 17.2 Å². The summed E-state index contributed by atoms with van der Waals surface area (Å²) in [5, 5.41) is 4.17. The van der Waals surface area contributed by atoms with E-state index in [0.717, 1.165) is 40.4 Å². The number of methoxy groups -OCH3 is 1. The Morgan fingerprint density at radius 1 is 0.957 bits per heavy atom. The van der Waals surface area contributed by atoms with Crippen LogP contribution >= 0.6 is 0 Å². The third kappa shape index (κ3) is 6.42. The van der Waals surface area contributed by atoms with E-state index in [1.54, 1.807) is 16.9 Å². The molecule has 244 valence electrons. The molecule has 1 aliphatic carbocycles. The lowest BCUT2D eigenvalue weighted by atomic mass is 10.1. The minimum atomic E-state index is -0.455. The number of carbonyl (C=O) groups is 3. The summed E-state index contributed by atoms with van der Waals surface area (Å²) in [6.45, 7) is 2.88. The average Bonchev–Trinajstić information content (AvgIpc) is 3.75. The summed E-state index contributed by atoms with van der Waals surface area (Å²) >= 11 is 0. The van der Waals surface area contributed by atoms with Crippen molar-refractivity contribution < 1.29 is 28.6 Å². The molecule has 4 bridgehead atoms. The number of aromatic nitrogens is 1. The molecule has 4 heterocycles. The smallest absolute Gasteiger partial charge is 0.270 e. The highest BCUT2D eigenvalue weighted by molar-refractivity contribution is 5.99. The standard InChI is InChI=1S/C37H40N4O6/c1-23-6-4-9-30-28(23)18-31(39(30)2)37(44)40-19-29-34(20-40)46-22-25-7-5-8-27(16-25)47-32-14-10-24(17-33(32)45-3)11-15-36(43)41(26-12-13-26)21-35(42)38-29/h4-10,14,16-18,26,29,34H,11-13,15,19-22H2,1-3H3,(H,38,42)/t29-,34-/m0/s1. The van der Waals surface area contributed by atoms with Gasteiger partial charge in [0.15, 0.2) is 11.5 Å². The SMILES string of the molecule is COc1cc2ccc1Oc1cccc(c1)CO[C@H]1CN(C(=O)c3cc4c(C)cccc4n3C)C[C@@H]1NC(=O)CN(C1CC1)C(=O)CC2. The van der Waals surface area contributed by atoms with Gasteiger partial charge >= 0.3 is 0 Å². The van der Waals surface area contributed by atoms with E-state index in [1.807, 2.05) is 85.3 Å². The number of hydrogen-bond acceptors (Lipinski definition) is 6. The number of nitrogens with one attached hydrogen (secondary N) is 1. The zero-order chi connectivity index (χ0) is 32.7. The highest BCUT2D eigenvalue weighted by Crippen LogP contribution is 2.34. The van der Waals surface area contributed by atoms with Gasteiger partial charge in [-0.15, -0.1) is 0 Å². The molecule has 2 atom stereocenters. The summed E-state index contributed by atoms with van der Waals surface area (Å²) in [6.07, 6.45) is 2.11. The second-order valence-electron chi connectivity index (χ2n) is 12.8. The Morgan fingerprint density at radius 3 is 2.57 bits per heavy atom. The zero-order valence-electron chi connectivity index (χ0n) is 27.0. The van der Waals surface area contributed by atoms with E-state index < -0.39 is 12.1 Å². The molecule has 1 N–H and O–H groups in total. The monoisotopic (exact) mass is 636 g/mol. The molecule has 0 unspecified atom stereocenters. The van der Waals surface area contributed by atoms with Crippen LogP contribution in [0, 0.1) is 6.92 Å². The van der Waals surface area contributed by atoms with Crippen LogP contribution < -0.4 is 14.8 Å². The van der Waals surface area contributed by atoms with E-state index in [2.05, 4.69) is 5.32 Å². The first-order chi connectivity index (χ1) is 22.8. The van der Waals surface area contributed by atoms with Gasteiger partial charge in [-0.05, 0) is 79.3 Å². The number of amides is 3. The van der Waals surface area contributed by atoms with Gasteiger partial charge < -0.3 is 33.9 Å². The lowest BCUT2D eigenvalue weighted by Gasteiger charge is -2.25. The van der Waals surface area contributed by atoms with Crippen LogP contribution in [-0.4, -0.2) is 77.0 Å². The highest BCUT2D eigenvalue weighted by Gasteiger charge is 2.39. The Kier molecular flexibility index (Phi) is 8.36. The van der Waals surface area contributed by atoms with Gasteiger partial charge in [0, 0.05) is 43.5 Å². The topological polar surface area (TPSA) is 102 Å². The van der Waals surface area contributed by atoms with Crippen LogP contribution in [0.25, 0.3) is 10.9 Å². The van der Waals surface area contributed by atoms with Gasteiger partial charge in [0.05, 0.1) is 32.4 Å². The van der Waals surface area contributed by atoms with Crippen LogP contribution in [-0.2, 0) is 34.4 Å². The maximum Gasteiger partial charge on any atom is 0.270 e. The molecule has 2 fully saturated rings. The van der Waals surface area contributed by atoms with Crippen LogP contribution in [0.1, 0.15) is 46.4 Å². The summed E-state index contributed by atoms with van der Waals surface area (Å²) in [5.74, 6) is 1.35. The normalized spacial score (nSPS) is 20.7. The summed E-state index contributed by atoms with van der Waals surface area (Å²) in [6, 6.07) is 20.9. The number of likely N-dealkylation sites (tertiary alicyclic amines) is 1. The third-order valence-electron chi connectivity index (χ3n) is 9.49. The van der Waals surface area contributed by atoms with Crippen molar-refractivity contribution in [2.45, 2.75) is 57.4 Å². The van der Waals surface area contributed by atoms with Crippen molar-refractivity contribution in [2.75, 3.05) is 26.7 Å². The molecule has 4 aromatic rings. The molecule has 1 aromatic heterocycles. The van der Waals surface area contributed by atoms with Crippen molar-refractivity contribution in [3.8, 4) is 17.2 Å². The molecule has 0 radical (unpaired) electrons. The number of nitrogens with zero attached hydrogens (tertiary/aromatic N) is 3. The quantitative estimate of drug-likeness (QED) is 0.348. The molecule has 10 heteroatoms. The molecule has 3 aromatic carbocycles. The second kappa shape index (κ2) is 12.8. The molecule has 3 aliphatic heterocycles. The fraction of sp³-hybridized carbons (Fsp3) is 0.378. The molecule has 10 nitrogen and oxygen atoms in total. The van der Waals surface area contributed by atoms with Crippen molar-refractivity contribution in [3.63, 3.8) is 0 Å². The molecule has 0 spiro atoms. The first-order valence-corrected chi connectivity index (χ1v) is 16.3. The van der Waals surface area contributed by atoms with Gasteiger partial charge in [0.25, 0.3) is 5.91 Å². The van der Waals surface area contributed by atoms with E-state index in [9.17, 15) is 14.4 Å². The van der Waals surface area contributed by atoms with Crippen molar-refractivity contribution in [1.29, 1.82) is 0 Å². The Hall–Kier alpha value is -4.83. The minimum absolute atomic E-state index is 0.0265. The molecule has 8 rings (SSSR count). The largest absolute Gasteiger partial charge is 0.493 e. The van der Waals surface area contributed by atoms with Gasteiger partial charge in [0.2, 0.25) is 11.8 Å². The van der Waals surface area contributed by atoms with E-state index in [-0.39, 0.29) is 43.3 Å². The number of aryl methyl sites for hydroxylation is 3. The van der Waals surface area contributed by atoms with Gasteiger partial charge in [-0.1, -0.05) is 30.3 Å². The molecule has 1 saturated carbocycles. The van der Waals surface area contributed by atoms with Crippen molar-refractivity contribution in [2.24, 2.45) is 7.05 Å². The lowest BCUT2D eigenvalue weighted by molar-refractivity contribution is -0.137. The van der Waals surface area contributed by atoms with Gasteiger partial charge in [-0.25, -0.2) is 0 Å². The Bertz CT molecular complexity index is 1850. The maximum absolute atomic E-state index is 13.9. The Balaban J connectivity index is 1.17. The van der Waals surface area contributed by atoms with Crippen LogP contribution in [0.4, 0.5) is 0 Å². The molecule has 4 aliphatic rings. The van der Waals surface area contributed by atoms with E-state index in [1.165, 1.54) is 0 Å². The van der Waals surface area contributed by atoms with Gasteiger partial charge in [-0.2, -0.15) is 0 Å². The number of rotatable bonds is 3. The number of fused-ring (bicyclic) bond motifs is 10. The number of benzene rings is 3. The predicted molar refractivity (Wildman–Crippen MR) is 177 cm³/mol.